The van der Waals surface area contributed by atoms with Gasteiger partial charge >= 0.3 is 18.1 Å². The van der Waals surface area contributed by atoms with Crippen LogP contribution in [0, 0.1) is 0 Å². The minimum Gasteiger partial charge on any atom is -0.460 e. The summed E-state index contributed by atoms with van der Waals surface area (Å²) in [7, 11) is 0.745. The Morgan fingerprint density at radius 1 is 1.07 bits per heavy atom. The maximum absolute atomic E-state index is 13.8. The molecule has 1 rings (SSSR count). The lowest BCUT2D eigenvalue weighted by atomic mass is 9.92. The Kier molecular flexibility index (Phi) is 7.85. The van der Waals surface area contributed by atoms with Crippen molar-refractivity contribution in [1.29, 1.82) is 0 Å². The lowest BCUT2D eigenvalue weighted by molar-refractivity contribution is -0.276. The van der Waals surface area contributed by atoms with Crippen LogP contribution in [0.15, 0.2) is 42.5 Å². The van der Waals surface area contributed by atoms with E-state index >= 15 is 0 Å². The molecule has 30 heavy (non-hydrogen) atoms. The maximum Gasteiger partial charge on any atom is 0.432 e. The third-order valence-corrected chi connectivity index (χ3v) is 4.22. The number of esters is 2. The second-order valence-corrected chi connectivity index (χ2v) is 7.97. The van der Waals surface area contributed by atoms with Crippen LogP contribution in [0.5, 0.6) is 0 Å². The minimum atomic E-state index is -5.12. The van der Waals surface area contributed by atoms with Gasteiger partial charge in [0.2, 0.25) is 0 Å². The molecule has 0 heterocycles. The van der Waals surface area contributed by atoms with E-state index in [1.165, 1.54) is 25.1 Å². The standard InChI is InChI=1S/C21H27F3O6/c1-14(19(5,27)12-16(25)30-18(2,3)4)13-29-17(26)20(28-6,21(22,23)24)15-10-8-7-9-11-15/h7-11,27H,1,12-13H2,2-6H3/t19?,20-/m1/s1. The number of rotatable bonds is 8. The first kappa shape index (κ1) is 25.6. The van der Waals surface area contributed by atoms with Crippen molar-refractivity contribution in [2.75, 3.05) is 13.7 Å². The smallest absolute Gasteiger partial charge is 0.432 e. The summed E-state index contributed by atoms with van der Waals surface area (Å²) in [6.07, 6.45) is -5.64. The fourth-order valence-corrected chi connectivity index (χ4v) is 2.58. The summed E-state index contributed by atoms with van der Waals surface area (Å²) in [5.41, 5.74) is -6.66. The summed E-state index contributed by atoms with van der Waals surface area (Å²) >= 11 is 0. The predicted molar refractivity (Wildman–Crippen MR) is 102 cm³/mol. The number of aliphatic hydroxyl groups is 1. The van der Waals surface area contributed by atoms with Crippen molar-refractivity contribution in [3.8, 4) is 0 Å². The minimum absolute atomic E-state index is 0.179. The normalized spacial score (nSPS) is 16.2. The highest BCUT2D eigenvalue weighted by atomic mass is 19.4. The second-order valence-electron chi connectivity index (χ2n) is 7.97. The van der Waals surface area contributed by atoms with Gasteiger partial charge < -0.3 is 19.3 Å². The van der Waals surface area contributed by atoms with E-state index in [1.807, 2.05) is 0 Å². The molecule has 0 aromatic heterocycles. The van der Waals surface area contributed by atoms with Gasteiger partial charge in [-0.15, -0.1) is 0 Å². The highest BCUT2D eigenvalue weighted by Crippen LogP contribution is 2.43. The SMILES string of the molecule is C=C(COC(=O)[C@](OC)(c1ccccc1)C(F)(F)F)C(C)(O)CC(=O)OC(C)(C)C. The molecule has 0 aliphatic carbocycles. The lowest BCUT2D eigenvalue weighted by Gasteiger charge is -2.33. The van der Waals surface area contributed by atoms with Gasteiger partial charge in [-0.25, -0.2) is 4.79 Å². The third-order valence-electron chi connectivity index (χ3n) is 4.22. The quantitative estimate of drug-likeness (QED) is 0.499. The van der Waals surface area contributed by atoms with Gasteiger partial charge in [-0.05, 0) is 33.3 Å². The molecule has 1 N–H and O–H groups in total. The predicted octanol–water partition coefficient (Wildman–Crippen LogP) is 3.67. The average Bonchev–Trinajstić information content (AvgIpc) is 2.58. The molecule has 168 valence electrons. The first-order chi connectivity index (χ1) is 13.6. The number of methoxy groups -OCH3 is 1. The van der Waals surface area contributed by atoms with E-state index in [2.05, 4.69) is 11.3 Å². The van der Waals surface area contributed by atoms with Crippen LogP contribution in [-0.2, 0) is 29.4 Å². The van der Waals surface area contributed by atoms with Gasteiger partial charge in [0.15, 0.2) is 0 Å². The Hall–Kier alpha value is -2.39. The molecular weight excluding hydrogens is 405 g/mol. The van der Waals surface area contributed by atoms with Crippen molar-refractivity contribution in [3.63, 3.8) is 0 Å². The highest BCUT2D eigenvalue weighted by Gasteiger charge is 2.64. The van der Waals surface area contributed by atoms with E-state index in [0.717, 1.165) is 19.2 Å². The maximum atomic E-state index is 13.8. The van der Waals surface area contributed by atoms with Crippen molar-refractivity contribution in [3.05, 3.63) is 48.0 Å². The number of alkyl halides is 3. The van der Waals surface area contributed by atoms with E-state index in [1.54, 1.807) is 20.8 Å². The summed E-state index contributed by atoms with van der Waals surface area (Å²) in [5, 5.41) is 10.5. The van der Waals surface area contributed by atoms with Gasteiger partial charge in [0.05, 0.1) is 12.0 Å². The van der Waals surface area contributed by atoms with Crippen molar-refractivity contribution in [1.82, 2.24) is 0 Å². The summed E-state index contributed by atoms with van der Waals surface area (Å²) in [5.74, 6) is -2.47. The number of carbonyl (C=O) groups excluding carboxylic acids is 2. The molecule has 0 saturated carbocycles. The number of halogens is 3. The van der Waals surface area contributed by atoms with E-state index in [0.29, 0.717) is 0 Å². The molecular formula is C21H27F3O6. The van der Waals surface area contributed by atoms with Gasteiger partial charge in [0.25, 0.3) is 5.60 Å². The van der Waals surface area contributed by atoms with Crippen LogP contribution >= 0.6 is 0 Å². The number of ether oxygens (including phenoxy) is 3. The molecule has 2 atom stereocenters. The van der Waals surface area contributed by atoms with Crippen molar-refractivity contribution < 1.29 is 42.1 Å². The van der Waals surface area contributed by atoms with Crippen molar-refractivity contribution in [2.24, 2.45) is 0 Å². The average molecular weight is 432 g/mol. The van der Waals surface area contributed by atoms with Crippen LogP contribution in [0.4, 0.5) is 13.2 Å². The van der Waals surface area contributed by atoms with E-state index in [4.69, 9.17) is 9.47 Å². The molecule has 0 fully saturated rings. The Balaban J connectivity index is 2.99. The van der Waals surface area contributed by atoms with Crippen LogP contribution in [0.2, 0.25) is 0 Å². The summed E-state index contributed by atoms with van der Waals surface area (Å²) in [6, 6.07) is 6.32. The fourth-order valence-electron chi connectivity index (χ4n) is 2.58. The summed E-state index contributed by atoms with van der Waals surface area (Å²) < 4.78 is 56.1. The zero-order valence-electron chi connectivity index (χ0n) is 17.6. The van der Waals surface area contributed by atoms with E-state index in [-0.39, 0.29) is 5.57 Å². The molecule has 0 aliphatic rings. The molecule has 0 saturated heterocycles. The molecule has 0 amide bonds. The topological polar surface area (TPSA) is 82.1 Å². The number of carbonyl (C=O) groups is 2. The van der Waals surface area contributed by atoms with E-state index in [9.17, 15) is 27.9 Å². The van der Waals surface area contributed by atoms with Crippen LogP contribution in [0.25, 0.3) is 0 Å². The molecule has 1 aromatic rings. The van der Waals surface area contributed by atoms with Gasteiger partial charge in [0, 0.05) is 12.7 Å². The molecule has 0 spiro atoms. The first-order valence-corrected chi connectivity index (χ1v) is 9.04. The van der Waals surface area contributed by atoms with Crippen LogP contribution in [-0.4, -0.2) is 48.1 Å². The van der Waals surface area contributed by atoms with Gasteiger partial charge in [-0.1, -0.05) is 36.9 Å². The fraction of sp³-hybridized carbons (Fsp3) is 0.524. The Bertz CT molecular complexity index is 765. The molecule has 9 heteroatoms. The Morgan fingerprint density at radius 2 is 1.60 bits per heavy atom. The van der Waals surface area contributed by atoms with Crippen molar-refractivity contribution in [2.45, 2.75) is 57.1 Å². The number of hydrogen-bond donors (Lipinski definition) is 1. The Morgan fingerprint density at radius 3 is 2.03 bits per heavy atom. The zero-order valence-corrected chi connectivity index (χ0v) is 17.6. The lowest BCUT2D eigenvalue weighted by Crippen LogP contribution is -2.52. The van der Waals surface area contributed by atoms with Gasteiger partial charge in [-0.3, -0.25) is 4.79 Å². The van der Waals surface area contributed by atoms with Crippen molar-refractivity contribution >= 4 is 11.9 Å². The first-order valence-electron chi connectivity index (χ1n) is 9.04. The van der Waals surface area contributed by atoms with E-state index < -0.39 is 53.5 Å². The molecule has 1 aromatic carbocycles. The Labute approximate surface area is 173 Å². The molecule has 0 bridgehead atoms. The largest absolute Gasteiger partial charge is 0.460 e. The summed E-state index contributed by atoms with van der Waals surface area (Å²) in [6.45, 7) is 8.91. The molecule has 6 nitrogen and oxygen atoms in total. The number of hydrogen-bond acceptors (Lipinski definition) is 6. The third kappa shape index (κ3) is 6.06. The van der Waals surface area contributed by atoms with Crippen LogP contribution < -0.4 is 0 Å². The summed E-state index contributed by atoms with van der Waals surface area (Å²) in [4.78, 5) is 24.4. The second kappa shape index (κ2) is 9.18. The highest BCUT2D eigenvalue weighted by molar-refractivity contribution is 5.83. The van der Waals surface area contributed by atoms with Gasteiger partial charge in [-0.2, -0.15) is 13.2 Å². The zero-order chi connectivity index (χ0) is 23.4. The van der Waals surface area contributed by atoms with Crippen LogP contribution in [0.1, 0.15) is 39.7 Å². The molecule has 0 aliphatic heterocycles. The number of benzene rings is 1. The monoisotopic (exact) mass is 432 g/mol. The van der Waals surface area contributed by atoms with Gasteiger partial charge in [0.1, 0.15) is 12.2 Å². The molecule has 1 unspecified atom stereocenters. The molecule has 0 radical (unpaired) electrons. The van der Waals surface area contributed by atoms with Crippen LogP contribution in [0.3, 0.4) is 0 Å².